The Kier molecular flexibility index (Phi) is 15.4. The summed E-state index contributed by atoms with van der Waals surface area (Å²) in [7, 11) is 0. The number of carboxylic acids is 1. The number of nitrogens with zero attached hydrogens (tertiary/aromatic N) is 2. The number of rotatable bonds is 19. The van der Waals surface area contributed by atoms with Crippen LogP contribution in [0.4, 0.5) is 4.79 Å². The highest BCUT2D eigenvalue weighted by molar-refractivity contribution is 5.94. The molecule has 10 N–H and O–H groups in total. The van der Waals surface area contributed by atoms with E-state index in [0.29, 0.717) is 39.0 Å². The monoisotopic (exact) mass is 750 g/mol. The van der Waals surface area contributed by atoms with E-state index in [0.717, 1.165) is 11.1 Å². The number of aliphatic carboxylic acids is 1. The highest BCUT2D eigenvalue weighted by Crippen LogP contribution is 2.22. The molecule has 0 spiro atoms. The maximum absolute atomic E-state index is 14.2. The summed E-state index contributed by atoms with van der Waals surface area (Å²) in [4.78, 5) is 70.8. The summed E-state index contributed by atoms with van der Waals surface area (Å²) in [6.45, 7) is 5.58. The second kappa shape index (κ2) is 19.7. The zero-order chi connectivity index (χ0) is 39.3. The zero-order valence-corrected chi connectivity index (χ0v) is 31.5. The number of unbranched alkanes of at least 4 members (excludes halogenated alkanes) is 1. The Morgan fingerprint density at radius 1 is 0.833 bits per heavy atom. The number of carbonyl (C=O) groups is 5. The number of urea groups is 1. The van der Waals surface area contributed by atoms with Crippen LogP contribution in [0.15, 0.2) is 60.7 Å². The quantitative estimate of drug-likeness (QED) is 0.101. The van der Waals surface area contributed by atoms with Crippen molar-refractivity contribution < 1.29 is 33.8 Å². The highest BCUT2D eigenvalue weighted by Gasteiger charge is 2.41. The molecule has 2 aliphatic rings. The van der Waals surface area contributed by atoms with Crippen molar-refractivity contribution in [2.45, 2.75) is 94.5 Å². The van der Waals surface area contributed by atoms with Crippen LogP contribution in [0.1, 0.15) is 63.5 Å². The van der Waals surface area contributed by atoms with Crippen LogP contribution in [-0.4, -0.2) is 113 Å². The molecule has 2 aromatic rings. The van der Waals surface area contributed by atoms with Gasteiger partial charge in [-0.1, -0.05) is 74.5 Å². The summed E-state index contributed by atoms with van der Waals surface area (Å²) in [6.07, 6.45) is 2.10. The van der Waals surface area contributed by atoms with Crippen molar-refractivity contribution in [1.29, 1.82) is 0 Å². The largest absolute Gasteiger partial charge is 0.480 e. The van der Waals surface area contributed by atoms with Crippen molar-refractivity contribution >= 4 is 29.7 Å². The van der Waals surface area contributed by atoms with Crippen LogP contribution in [0, 0.1) is 5.92 Å². The van der Waals surface area contributed by atoms with E-state index >= 15 is 0 Å². The molecule has 2 fully saturated rings. The third-order valence-corrected chi connectivity index (χ3v) is 9.98. The van der Waals surface area contributed by atoms with Gasteiger partial charge in [-0.3, -0.25) is 19.2 Å². The number of carboxylic acid groups (broad SMARTS) is 1. The summed E-state index contributed by atoms with van der Waals surface area (Å²) in [5, 5.41) is 18.3. The Bertz CT molecular complexity index is 1550. The molecule has 54 heavy (non-hydrogen) atoms. The Balaban J connectivity index is 1.53. The first kappa shape index (κ1) is 42.2. The Morgan fingerprint density at radius 2 is 1.41 bits per heavy atom. The fourth-order valence-electron chi connectivity index (χ4n) is 6.70. The molecule has 2 saturated heterocycles. The Morgan fingerprint density at radius 3 is 1.94 bits per heavy atom. The van der Waals surface area contributed by atoms with E-state index in [2.05, 4.69) is 16.0 Å². The van der Waals surface area contributed by atoms with Crippen LogP contribution in [0.5, 0.6) is 0 Å². The first-order valence-electron chi connectivity index (χ1n) is 18.8. The predicted octanol–water partition coefficient (Wildman–Crippen LogP) is 1.09. The van der Waals surface area contributed by atoms with Crippen molar-refractivity contribution in [3.8, 4) is 0 Å². The molecule has 2 aliphatic heterocycles. The highest BCUT2D eigenvalue weighted by atomic mass is 16.5. The van der Waals surface area contributed by atoms with Crippen molar-refractivity contribution in [2.24, 2.45) is 23.1 Å². The third-order valence-electron chi connectivity index (χ3n) is 9.98. The fraction of sp³-hybridized carbons (Fsp3) is 0.564. The van der Waals surface area contributed by atoms with Gasteiger partial charge in [0, 0.05) is 32.6 Å². The topological polar surface area (TPSA) is 235 Å². The lowest BCUT2D eigenvalue weighted by Crippen LogP contribution is -2.65. The summed E-state index contributed by atoms with van der Waals surface area (Å²) in [6, 6.07) is 15.2. The molecular weight excluding hydrogens is 692 g/mol. The minimum absolute atomic E-state index is 0.0165. The van der Waals surface area contributed by atoms with Crippen LogP contribution in [0.25, 0.3) is 0 Å². The molecule has 0 unspecified atom stereocenters. The van der Waals surface area contributed by atoms with Gasteiger partial charge in [0.15, 0.2) is 0 Å². The number of ether oxygens (including phenoxy) is 1. The SMILES string of the molecule is CC(C)C[C@@H](NC(=O)[C@@H](Cc1ccccc1)NC(=O)N(Cc1ccccc1)CC1(N)COC1)C(=O)N[C@H](CCCCN)C(=O)N1CCC(N)(C(=O)O)CC1. The molecule has 2 heterocycles. The molecule has 15 nitrogen and oxygen atoms in total. The van der Waals surface area contributed by atoms with Gasteiger partial charge in [-0.15, -0.1) is 0 Å². The lowest BCUT2D eigenvalue weighted by molar-refractivity contribution is -0.148. The molecule has 0 radical (unpaired) electrons. The molecule has 296 valence electrons. The van der Waals surface area contributed by atoms with E-state index in [-0.39, 0.29) is 63.7 Å². The Hall–Kier alpha value is -4.57. The second-order valence-corrected chi connectivity index (χ2v) is 15.2. The third kappa shape index (κ3) is 12.2. The summed E-state index contributed by atoms with van der Waals surface area (Å²) < 4.78 is 5.34. The lowest BCUT2D eigenvalue weighted by atomic mass is 9.88. The van der Waals surface area contributed by atoms with Gasteiger partial charge in [0.2, 0.25) is 17.7 Å². The first-order chi connectivity index (χ1) is 25.7. The van der Waals surface area contributed by atoms with Gasteiger partial charge < -0.3 is 52.8 Å². The molecule has 3 atom stereocenters. The molecule has 4 rings (SSSR count). The van der Waals surface area contributed by atoms with Gasteiger partial charge >= 0.3 is 12.0 Å². The smallest absolute Gasteiger partial charge is 0.323 e. The summed E-state index contributed by atoms with van der Waals surface area (Å²) in [5.41, 5.74) is 17.8. The Labute approximate surface area is 317 Å². The van der Waals surface area contributed by atoms with Crippen LogP contribution in [-0.2, 0) is 36.9 Å². The van der Waals surface area contributed by atoms with E-state index in [9.17, 15) is 29.1 Å². The van der Waals surface area contributed by atoms with Crippen LogP contribution in [0.3, 0.4) is 0 Å². The minimum atomic E-state index is -1.41. The number of nitrogens with two attached hydrogens (primary N) is 3. The number of benzene rings is 2. The molecule has 0 bridgehead atoms. The van der Waals surface area contributed by atoms with E-state index < -0.39 is 53.0 Å². The minimum Gasteiger partial charge on any atom is -0.480 e. The van der Waals surface area contributed by atoms with E-state index in [4.69, 9.17) is 21.9 Å². The van der Waals surface area contributed by atoms with Gasteiger partial charge in [0.25, 0.3) is 0 Å². The molecule has 15 heteroatoms. The standard InChI is InChI=1S/C39H58N8O7/c1-27(2)21-31(33(48)43-30(15-9-10-18-40)35(50)46-19-16-39(42,17-20-46)36(51)52)44-34(49)32(22-28-11-5-3-6-12-28)45-37(53)47(24-38(41)25-54-26-38)23-29-13-7-4-8-14-29/h3-8,11-14,27,30-32H,9-10,15-26,40-42H2,1-2H3,(H,43,48)(H,44,49)(H,45,53)(H,51,52)/t30-,31-,32-/m1/s1. The van der Waals surface area contributed by atoms with Gasteiger partial charge in [0.05, 0.1) is 18.8 Å². The average molecular weight is 751 g/mol. The molecule has 0 aliphatic carbocycles. The van der Waals surface area contributed by atoms with Crippen LogP contribution < -0.4 is 33.2 Å². The van der Waals surface area contributed by atoms with Crippen molar-refractivity contribution in [1.82, 2.24) is 25.8 Å². The van der Waals surface area contributed by atoms with Crippen molar-refractivity contribution in [2.75, 3.05) is 39.4 Å². The van der Waals surface area contributed by atoms with Crippen LogP contribution >= 0.6 is 0 Å². The van der Waals surface area contributed by atoms with Crippen LogP contribution in [0.2, 0.25) is 0 Å². The maximum Gasteiger partial charge on any atom is 0.323 e. The van der Waals surface area contributed by atoms with Gasteiger partial charge in [-0.25, -0.2) is 4.79 Å². The molecule has 5 amide bonds. The number of piperidine rings is 1. The van der Waals surface area contributed by atoms with E-state index in [1.54, 1.807) is 4.90 Å². The number of amides is 5. The summed E-state index contributed by atoms with van der Waals surface area (Å²) >= 11 is 0. The number of nitrogens with one attached hydrogen (secondary N) is 3. The zero-order valence-electron chi connectivity index (χ0n) is 31.5. The number of carbonyl (C=O) groups excluding carboxylic acids is 4. The second-order valence-electron chi connectivity index (χ2n) is 15.2. The van der Waals surface area contributed by atoms with E-state index in [1.807, 2.05) is 74.5 Å². The van der Waals surface area contributed by atoms with E-state index in [1.165, 1.54) is 4.90 Å². The predicted molar refractivity (Wildman–Crippen MR) is 204 cm³/mol. The number of hydrogen-bond acceptors (Lipinski definition) is 9. The van der Waals surface area contributed by atoms with Gasteiger partial charge in [-0.05, 0) is 62.1 Å². The normalized spacial score (nSPS) is 17.7. The molecular formula is C39H58N8O7. The first-order valence-corrected chi connectivity index (χ1v) is 18.8. The number of likely N-dealkylation sites (tertiary alicyclic amines) is 1. The van der Waals surface area contributed by atoms with Crippen molar-refractivity contribution in [3.63, 3.8) is 0 Å². The van der Waals surface area contributed by atoms with Gasteiger partial charge in [-0.2, -0.15) is 0 Å². The van der Waals surface area contributed by atoms with Gasteiger partial charge in [0.1, 0.15) is 23.7 Å². The number of hydrogen-bond donors (Lipinski definition) is 7. The molecule has 0 saturated carbocycles. The molecule has 0 aromatic heterocycles. The average Bonchev–Trinajstić information content (AvgIpc) is 3.13. The summed E-state index contributed by atoms with van der Waals surface area (Å²) in [5.74, 6) is -2.57. The molecule has 2 aromatic carbocycles. The fourth-order valence-corrected chi connectivity index (χ4v) is 6.70. The lowest BCUT2D eigenvalue weighted by Gasteiger charge is -2.41. The van der Waals surface area contributed by atoms with Crippen molar-refractivity contribution in [3.05, 3.63) is 71.8 Å². The maximum atomic E-state index is 14.2.